The van der Waals surface area contributed by atoms with Gasteiger partial charge in [-0.3, -0.25) is 4.79 Å². The summed E-state index contributed by atoms with van der Waals surface area (Å²) in [5.41, 5.74) is 12.2. The zero-order valence-corrected chi connectivity index (χ0v) is 10.3. The fourth-order valence-electron chi connectivity index (χ4n) is 1.99. The molecule has 0 aliphatic carbocycles. The molecule has 3 rings (SSSR count). The molecule has 3 aromatic rings. The second-order valence-corrected chi connectivity index (χ2v) is 4.28. The van der Waals surface area contributed by atoms with Crippen LogP contribution in [0.4, 0.5) is 10.1 Å². The number of oxazole rings is 1. The number of amides is 1. The van der Waals surface area contributed by atoms with Crippen LogP contribution in [0.3, 0.4) is 0 Å². The molecule has 5 nitrogen and oxygen atoms in total. The van der Waals surface area contributed by atoms with Gasteiger partial charge in [0.2, 0.25) is 5.89 Å². The van der Waals surface area contributed by atoms with E-state index < -0.39 is 11.7 Å². The van der Waals surface area contributed by atoms with Crippen LogP contribution in [0.15, 0.2) is 40.8 Å². The zero-order chi connectivity index (χ0) is 14.3. The van der Waals surface area contributed by atoms with Crippen molar-refractivity contribution in [3.63, 3.8) is 0 Å². The third-order valence-corrected chi connectivity index (χ3v) is 2.88. The van der Waals surface area contributed by atoms with Crippen molar-refractivity contribution < 1.29 is 13.6 Å². The third-order valence-electron chi connectivity index (χ3n) is 2.88. The van der Waals surface area contributed by atoms with E-state index in [1.165, 1.54) is 24.3 Å². The largest absolute Gasteiger partial charge is 0.435 e. The van der Waals surface area contributed by atoms with Crippen LogP contribution in [0.2, 0.25) is 0 Å². The third kappa shape index (κ3) is 1.87. The number of nitrogens with zero attached hydrogens (tertiary/aromatic N) is 1. The predicted octanol–water partition coefficient (Wildman–Crippen LogP) is 2.32. The molecule has 0 bridgehead atoms. The van der Waals surface area contributed by atoms with E-state index in [1.807, 2.05) is 0 Å². The Labute approximate surface area is 113 Å². The number of halogens is 1. The average molecular weight is 271 g/mol. The predicted molar refractivity (Wildman–Crippen MR) is 72.3 cm³/mol. The van der Waals surface area contributed by atoms with E-state index in [2.05, 4.69) is 4.98 Å². The number of fused-ring (bicyclic) bond motifs is 1. The van der Waals surface area contributed by atoms with Crippen molar-refractivity contribution in [2.24, 2.45) is 5.73 Å². The van der Waals surface area contributed by atoms with Crippen LogP contribution in [0.1, 0.15) is 10.4 Å². The molecule has 0 aliphatic rings. The first-order valence-corrected chi connectivity index (χ1v) is 5.81. The van der Waals surface area contributed by atoms with Crippen molar-refractivity contribution in [3.8, 4) is 11.5 Å². The first kappa shape index (κ1) is 12.2. The maximum Gasteiger partial charge on any atom is 0.252 e. The molecule has 0 fully saturated rings. The van der Waals surface area contributed by atoms with Gasteiger partial charge in [-0.25, -0.2) is 9.37 Å². The fourth-order valence-corrected chi connectivity index (χ4v) is 1.99. The lowest BCUT2D eigenvalue weighted by atomic mass is 10.1. The maximum absolute atomic E-state index is 13.7. The molecular weight excluding hydrogens is 261 g/mol. The van der Waals surface area contributed by atoms with Crippen LogP contribution >= 0.6 is 0 Å². The van der Waals surface area contributed by atoms with Gasteiger partial charge in [-0.15, -0.1) is 0 Å². The summed E-state index contributed by atoms with van der Waals surface area (Å²) < 4.78 is 19.2. The van der Waals surface area contributed by atoms with Crippen molar-refractivity contribution in [2.45, 2.75) is 0 Å². The molecule has 0 saturated heterocycles. The van der Waals surface area contributed by atoms with Crippen molar-refractivity contribution in [2.75, 3.05) is 5.73 Å². The Kier molecular flexibility index (Phi) is 2.64. The van der Waals surface area contributed by atoms with Gasteiger partial charge in [0.15, 0.2) is 5.58 Å². The molecule has 100 valence electrons. The van der Waals surface area contributed by atoms with Crippen molar-refractivity contribution in [1.82, 2.24) is 4.98 Å². The first-order valence-electron chi connectivity index (χ1n) is 5.81. The molecule has 0 unspecified atom stereocenters. The Morgan fingerprint density at radius 3 is 2.70 bits per heavy atom. The smallest absolute Gasteiger partial charge is 0.252 e. The van der Waals surface area contributed by atoms with Gasteiger partial charge >= 0.3 is 0 Å². The molecule has 1 amide bonds. The summed E-state index contributed by atoms with van der Waals surface area (Å²) in [5.74, 6) is -1.07. The Balaban J connectivity index is 2.28. The van der Waals surface area contributed by atoms with Gasteiger partial charge < -0.3 is 15.9 Å². The normalized spacial score (nSPS) is 10.8. The number of carbonyl (C=O) groups excluding carboxylic acids is 1. The Morgan fingerprint density at radius 2 is 2.00 bits per heavy atom. The van der Waals surface area contributed by atoms with Gasteiger partial charge in [0.1, 0.15) is 11.3 Å². The van der Waals surface area contributed by atoms with Gasteiger partial charge in [0.05, 0.1) is 11.1 Å². The van der Waals surface area contributed by atoms with E-state index in [9.17, 15) is 9.18 Å². The quantitative estimate of drug-likeness (QED) is 0.699. The number of nitrogens with two attached hydrogens (primary N) is 2. The number of nitrogen functional groups attached to an aromatic ring is 1. The fraction of sp³-hybridized carbons (Fsp3) is 0. The summed E-state index contributed by atoms with van der Waals surface area (Å²) in [6.45, 7) is 0. The minimum Gasteiger partial charge on any atom is -0.435 e. The van der Waals surface area contributed by atoms with Crippen LogP contribution in [0, 0.1) is 5.82 Å². The molecular formula is C14H10FN3O2. The van der Waals surface area contributed by atoms with E-state index in [1.54, 1.807) is 12.1 Å². The minimum absolute atomic E-state index is 0.0752. The lowest BCUT2D eigenvalue weighted by molar-refractivity contribution is 0.100. The summed E-state index contributed by atoms with van der Waals surface area (Å²) in [7, 11) is 0. The van der Waals surface area contributed by atoms with Crippen LogP contribution in [0.5, 0.6) is 0 Å². The second kappa shape index (κ2) is 4.34. The molecule has 0 spiro atoms. The van der Waals surface area contributed by atoms with Crippen molar-refractivity contribution in [1.29, 1.82) is 0 Å². The molecule has 0 aliphatic heterocycles. The molecule has 0 radical (unpaired) electrons. The zero-order valence-electron chi connectivity index (χ0n) is 10.3. The molecule has 6 heteroatoms. The van der Waals surface area contributed by atoms with Crippen LogP contribution in [-0.2, 0) is 0 Å². The van der Waals surface area contributed by atoms with Gasteiger partial charge in [-0.2, -0.15) is 0 Å². The molecule has 0 atom stereocenters. The summed E-state index contributed by atoms with van der Waals surface area (Å²) in [5, 5.41) is 0. The highest BCUT2D eigenvalue weighted by atomic mass is 19.1. The van der Waals surface area contributed by atoms with Crippen molar-refractivity contribution in [3.05, 3.63) is 47.8 Å². The van der Waals surface area contributed by atoms with Gasteiger partial charge in [0, 0.05) is 5.69 Å². The van der Waals surface area contributed by atoms with Crippen LogP contribution in [-0.4, -0.2) is 10.9 Å². The highest BCUT2D eigenvalue weighted by Gasteiger charge is 2.17. The number of carbonyl (C=O) groups is 1. The number of benzene rings is 2. The Bertz CT molecular complexity index is 826. The van der Waals surface area contributed by atoms with Gasteiger partial charge in [0.25, 0.3) is 5.91 Å². The molecule has 4 N–H and O–H groups in total. The highest BCUT2D eigenvalue weighted by Crippen LogP contribution is 2.29. The summed E-state index contributed by atoms with van der Waals surface area (Å²) in [4.78, 5) is 15.5. The molecule has 1 aromatic heterocycles. The van der Waals surface area contributed by atoms with E-state index in [-0.39, 0.29) is 22.6 Å². The number of hydrogen-bond donors (Lipinski definition) is 2. The number of rotatable bonds is 2. The van der Waals surface area contributed by atoms with Crippen LogP contribution in [0.25, 0.3) is 22.6 Å². The van der Waals surface area contributed by atoms with E-state index >= 15 is 0 Å². The van der Waals surface area contributed by atoms with Crippen LogP contribution < -0.4 is 11.5 Å². The average Bonchev–Trinajstić information content (AvgIpc) is 2.81. The van der Waals surface area contributed by atoms with E-state index in [4.69, 9.17) is 15.9 Å². The first-order chi connectivity index (χ1) is 9.56. The molecule has 0 saturated carbocycles. The summed E-state index contributed by atoms with van der Waals surface area (Å²) >= 11 is 0. The minimum atomic E-state index is -0.682. The number of primary amides is 1. The maximum atomic E-state index is 13.7. The lowest BCUT2D eigenvalue weighted by Gasteiger charge is -1.98. The number of aromatic nitrogens is 1. The topological polar surface area (TPSA) is 95.1 Å². The molecule has 2 aromatic carbocycles. The summed E-state index contributed by atoms with van der Waals surface area (Å²) in [6, 6.07) is 9.00. The monoisotopic (exact) mass is 271 g/mol. The standard InChI is InChI=1S/C14H10FN3O2/c15-10-4-2-1-3-8(10)14-18-11-6-7(16)5-9(13(17)19)12(11)20-14/h1-6H,16H2,(H2,17,19). The molecule has 1 heterocycles. The second-order valence-electron chi connectivity index (χ2n) is 4.28. The number of anilines is 1. The highest BCUT2D eigenvalue weighted by molar-refractivity contribution is 6.05. The van der Waals surface area contributed by atoms with Gasteiger partial charge in [-0.1, -0.05) is 12.1 Å². The lowest BCUT2D eigenvalue weighted by Crippen LogP contribution is -2.11. The van der Waals surface area contributed by atoms with E-state index in [0.717, 1.165) is 0 Å². The molecule has 20 heavy (non-hydrogen) atoms. The number of hydrogen-bond acceptors (Lipinski definition) is 4. The van der Waals surface area contributed by atoms with E-state index in [0.29, 0.717) is 11.2 Å². The van der Waals surface area contributed by atoms with Gasteiger partial charge in [-0.05, 0) is 24.3 Å². The van der Waals surface area contributed by atoms with Crippen molar-refractivity contribution >= 4 is 22.7 Å². The Morgan fingerprint density at radius 1 is 1.25 bits per heavy atom. The SMILES string of the molecule is NC(=O)c1cc(N)cc2nc(-c3ccccc3F)oc12. The summed E-state index contributed by atoms with van der Waals surface area (Å²) in [6.07, 6.45) is 0. The Hall–Kier alpha value is -2.89.